The molecule has 0 radical (unpaired) electrons. The SMILES string of the molecule is CSc1cc2n(c1C(=O)c1ccc(OC(C)C)cc1)CCC2(C)C(=O)O. The van der Waals surface area contributed by atoms with E-state index in [2.05, 4.69) is 0 Å². The number of ketones is 1. The molecule has 138 valence electrons. The van der Waals surface area contributed by atoms with Crippen molar-refractivity contribution < 1.29 is 19.4 Å². The number of carbonyl (C=O) groups excluding carboxylic acids is 1. The third-order valence-corrected chi connectivity index (χ3v) is 5.61. The molecular weight excluding hydrogens is 350 g/mol. The number of carbonyl (C=O) groups is 2. The highest BCUT2D eigenvalue weighted by Gasteiger charge is 2.44. The molecule has 3 rings (SSSR count). The molecule has 0 aliphatic carbocycles. The van der Waals surface area contributed by atoms with Crippen LogP contribution in [0.3, 0.4) is 0 Å². The van der Waals surface area contributed by atoms with Crippen LogP contribution in [0.1, 0.15) is 48.9 Å². The molecule has 2 aromatic rings. The number of thioether (sulfide) groups is 1. The first-order valence-electron chi connectivity index (χ1n) is 8.60. The number of rotatable bonds is 6. The Morgan fingerprint density at radius 1 is 1.27 bits per heavy atom. The van der Waals surface area contributed by atoms with E-state index < -0.39 is 11.4 Å². The topological polar surface area (TPSA) is 68.5 Å². The van der Waals surface area contributed by atoms with Crippen molar-refractivity contribution in [2.75, 3.05) is 6.26 Å². The number of hydrogen-bond acceptors (Lipinski definition) is 4. The summed E-state index contributed by atoms with van der Waals surface area (Å²) in [4.78, 5) is 25.7. The van der Waals surface area contributed by atoms with Gasteiger partial charge in [0.2, 0.25) is 5.78 Å². The van der Waals surface area contributed by atoms with Crippen molar-refractivity contribution in [1.29, 1.82) is 0 Å². The fraction of sp³-hybridized carbons (Fsp3) is 0.400. The van der Waals surface area contributed by atoms with E-state index in [9.17, 15) is 14.7 Å². The van der Waals surface area contributed by atoms with Crippen molar-refractivity contribution in [2.45, 2.75) is 50.2 Å². The molecule has 0 saturated heterocycles. The van der Waals surface area contributed by atoms with Crippen molar-refractivity contribution in [3.63, 3.8) is 0 Å². The maximum absolute atomic E-state index is 13.1. The zero-order valence-electron chi connectivity index (χ0n) is 15.4. The molecule has 2 heterocycles. The fourth-order valence-corrected chi connectivity index (χ4v) is 4.00. The van der Waals surface area contributed by atoms with Crippen molar-refractivity contribution >= 4 is 23.5 Å². The molecule has 1 aromatic carbocycles. The standard InChI is InChI=1S/C20H23NO4S/c1-12(2)25-14-7-5-13(6-8-14)18(22)17-15(26-4)11-16-20(3,19(23)24)9-10-21(16)17/h5-8,11-12H,9-10H2,1-4H3,(H,23,24). The van der Waals surface area contributed by atoms with E-state index in [1.807, 2.05) is 30.7 Å². The van der Waals surface area contributed by atoms with Crippen molar-refractivity contribution in [1.82, 2.24) is 4.57 Å². The molecule has 0 bridgehead atoms. The Morgan fingerprint density at radius 2 is 1.92 bits per heavy atom. The van der Waals surface area contributed by atoms with Gasteiger partial charge >= 0.3 is 5.97 Å². The first-order valence-corrected chi connectivity index (χ1v) is 9.83. The molecule has 0 amide bonds. The summed E-state index contributed by atoms with van der Waals surface area (Å²) >= 11 is 1.47. The summed E-state index contributed by atoms with van der Waals surface area (Å²) in [5.41, 5.74) is 0.909. The second-order valence-corrected chi connectivity index (χ2v) is 7.85. The lowest BCUT2D eigenvalue weighted by Crippen LogP contribution is -2.29. The maximum atomic E-state index is 13.1. The largest absolute Gasteiger partial charge is 0.491 e. The van der Waals surface area contributed by atoms with Crippen LogP contribution in [0, 0.1) is 0 Å². The molecule has 1 aliphatic heterocycles. The predicted molar refractivity (Wildman–Crippen MR) is 101 cm³/mol. The van der Waals surface area contributed by atoms with E-state index in [0.717, 1.165) is 10.6 Å². The molecule has 26 heavy (non-hydrogen) atoms. The quantitative estimate of drug-likeness (QED) is 0.613. The van der Waals surface area contributed by atoms with E-state index in [1.54, 1.807) is 31.2 Å². The first kappa shape index (κ1) is 18.6. The zero-order chi connectivity index (χ0) is 19.1. The van der Waals surface area contributed by atoms with Gasteiger partial charge in [-0.05, 0) is 63.8 Å². The Bertz CT molecular complexity index is 853. The second kappa shape index (κ2) is 6.83. The van der Waals surface area contributed by atoms with Crippen LogP contribution >= 0.6 is 11.8 Å². The minimum atomic E-state index is -0.946. The van der Waals surface area contributed by atoms with Crippen LogP contribution in [-0.4, -0.2) is 33.8 Å². The summed E-state index contributed by atoms with van der Waals surface area (Å²) in [5.74, 6) is -0.220. The van der Waals surface area contributed by atoms with Crippen molar-refractivity contribution in [3.05, 3.63) is 47.3 Å². The summed E-state index contributed by atoms with van der Waals surface area (Å²) < 4.78 is 7.50. The maximum Gasteiger partial charge on any atom is 0.315 e. The van der Waals surface area contributed by atoms with E-state index >= 15 is 0 Å². The highest BCUT2D eigenvalue weighted by molar-refractivity contribution is 7.98. The van der Waals surface area contributed by atoms with Gasteiger partial charge < -0.3 is 14.4 Å². The summed E-state index contributed by atoms with van der Waals surface area (Å²) in [6.45, 7) is 6.17. The third-order valence-electron chi connectivity index (χ3n) is 4.86. The second-order valence-electron chi connectivity index (χ2n) is 7.01. The van der Waals surface area contributed by atoms with Crippen LogP contribution in [0.25, 0.3) is 0 Å². The normalized spacial score (nSPS) is 18.8. The Morgan fingerprint density at radius 3 is 2.46 bits per heavy atom. The van der Waals surface area contributed by atoms with Gasteiger partial charge in [-0.1, -0.05) is 0 Å². The number of carboxylic acid groups (broad SMARTS) is 1. The van der Waals surface area contributed by atoms with Gasteiger partial charge in [0, 0.05) is 22.7 Å². The first-order chi connectivity index (χ1) is 12.3. The van der Waals surface area contributed by atoms with Gasteiger partial charge in [-0.3, -0.25) is 9.59 Å². The fourth-order valence-electron chi connectivity index (χ4n) is 3.38. The van der Waals surface area contributed by atoms with Crippen LogP contribution in [0.5, 0.6) is 5.75 Å². The lowest BCUT2D eigenvalue weighted by molar-refractivity contribution is -0.143. The lowest BCUT2D eigenvalue weighted by Gasteiger charge is -2.16. The van der Waals surface area contributed by atoms with Gasteiger partial charge in [0.1, 0.15) is 16.9 Å². The molecule has 1 aliphatic rings. The lowest BCUT2D eigenvalue weighted by atomic mass is 9.86. The minimum Gasteiger partial charge on any atom is -0.491 e. The summed E-state index contributed by atoms with van der Waals surface area (Å²) in [7, 11) is 0. The summed E-state index contributed by atoms with van der Waals surface area (Å²) in [6.07, 6.45) is 2.47. The van der Waals surface area contributed by atoms with Crippen LogP contribution < -0.4 is 4.74 Å². The Labute approximate surface area is 157 Å². The Balaban J connectivity index is 1.99. The number of fused-ring (bicyclic) bond motifs is 1. The Kier molecular flexibility index (Phi) is 4.88. The molecule has 6 heteroatoms. The number of benzene rings is 1. The van der Waals surface area contributed by atoms with Crippen LogP contribution in [0.4, 0.5) is 0 Å². The number of hydrogen-bond donors (Lipinski definition) is 1. The molecule has 1 aromatic heterocycles. The number of ether oxygens (including phenoxy) is 1. The van der Waals surface area contributed by atoms with E-state index in [0.29, 0.717) is 29.9 Å². The molecule has 5 nitrogen and oxygen atoms in total. The summed E-state index contributed by atoms with van der Waals surface area (Å²) in [5, 5.41) is 9.63. The molecule has 1 N–H and O–H groups in total. The zero-order valence-corrected chi connectivity index (χ0v) is 16.2. The van der Waals surface area contributed by atoms with Crippen molar-refractivity contribution in [2.24, 2.45) is 0 Å². The number of aromatic nitrogens is 1. The van der Waals surface area contributed by atoms with E-state index in [4.69, 9.17) is 4.74 Å². The average Bonchev–Trinajstić information content (AvgIpc) is 3.12. The average molecular weight is 373 g/mol. The molecule has 0 saturated carbocycles. The highest BCUT2D eigenvalue weighted by Crippen LogP contribution is 2.41. The minimum absolute atomic E-state index is 0.0715. The van der Waals surface area contributed by atoms with Gasteiger partial charge in [-0.25, -0.2) is 0 Å². The van der Waals surface area contributed by atoms with Gasteiger partial charge in [-0.2, -0.15) is 0 Å². The van der Waals surface area contributed by atoms with Gasteiger partial charge in [-0.15, -0.1) is 11.8 Å². The molecule has 1 atom stereocenters. The molecule has 1 unspecified atom stereocenters. The van der Waals surface area contributed by atoms with Gasteiger partial charge in [0.05, 0.1) is 6.10 Å². The smallest absolute Gasteiger partial charge is 0.315 e. The molecular formula is C20H23NO4S. The van der Waals surface area contributed by atoms with E-state index in [1.165, 1.54) is 11.8 Å². The van der Waals surface area contributed by atoms with Crippen molar-refractivity contribution in [3.8, 4) is 5.75 Å². The van der Waals surface area contributed by atoms with Crippen LogP contribution in [0.2, 0.25) is 0 Å². The van der Waals surface area contributed by atoms with Gasteiger partial charge in [0.15, 0.2) is 0 Å². The monoisotopic (exact) mass is 373 g/mol. The van der Waals surface area contributed by atoms with Gasteiger partial charge in [0.25, 0.3) is 0 Å². The number of carboxylic acids is 1. The van der Waals surface area contributed by atoms with E-state index in [-0.39, 0.29) is 11.9 Å². The summed E-state index contributed by atoms with van der Waals surface area (Å²) in [6, 6.07) is 8.96. The molecule has 0 spiro atoms. The number of aliphatic carboxylic acids is 1. The van der Waals surface area contributed by atoms with Crippen LogP contribution in [-0.2, 0) is 16.8 Å². The molecule has 0 fully saturated rings. The van der Waals surface area contributed by atoms with Crippen LogP contribution in [0.15, 0.2) is 35.2 Å². The number of nitrogens with zero attached hydrogens (tertiary/aromatic N) is 1. The Hall–Kier alpha value is -2.21. The highest BCUT2D eigenvalue weighted by atomic mass is 32.2. The third kappa shape index (κ3) is 3.03. The predicted octanol–water partition coefficient (Wildman–Crippen LogP) is 3.97.